The molecule has 29 heavy (non-hydrogen) atoms. The number of hydrogen-bond acceptors (Lipinski definition) is 7. The number of hydrogen-bond donors (Lipinski definition) is 4. The Bertz CT molecular complexity index is 552. The summed E-state index contributed by atoms with van der Waals surface area (Å²) >= 11 is 0. The molecule has 8 atom stereocenters. The Hall–Kier alpha value is -0.700. The van der Waals surface area contributed by atoms with Gasteiger partial charge in [0, 0.05) is 19.3 Å². The van der Waals surface area contributed by atoms with E-state index in [9.17, 15) is 26.3 Å². The summed E-state index contributed by atoms with van der Waals surface area (Å²) in [5, 5.41) is 2.71. The number of nitrogens with two attached hydrogens (primary N) is 1. The van der Waals surface area contributed by atoms with Crippen LogP contribution in [-0.4, -0.2) is 62.4 Å². The fraction of sp³-hybridized carbons (Fsp3) is 1.00. The third-order valence-electron chi connectivity index (χ3n) is 5.52. The van der Waals surface area contributed by atoms with Gasteiger partial charge in [-0.15, -0.1) is 0 Å². The Morgan fingerprint density at radius 2 is 1.45 bits per heavy atom. The van der Waals surface area contributed by atoms with Crippen LogP contribution in [0.15, 0.2) is 0 Å². The number of piperidine rings is 1. The fourth-order valence-electron chi connectivity index (χ4n) is 3.87. The molecule has 3 aliphatic heterocycles. The minimum absolute atomic E-state index is 0.0674. The molecule has 5 N–H and O–H groups in total. The second kappa shape index (κ2) is 8.81. The van der Waals surface area contributed by atoms with Gasteiger partial charge in [0.05, 0.1) is 24.0 Å². The first kappa shape index (κ1) is 23.0. The molecule has 7 nitrogen and oxygen atoms in total. The van der Waals surface area contributed by atoms with Crippen LogP contribution >= 0.6 is 0 Å². The maximum absolute atomic E-state index is 13.5. The van der Waals surface area contributed by atoms with Crippen molar-refractivity contribution in [3.63, 3.8) is 0 Å². The van der Waals surface area contributed by atoms with Crippen LogP contribution in [0.4, 0.5) is 26.3 Å². The summed E-state index contributed by atoms with van der Waals surface area (Å²) in [5.41, 5.74) is 11.0. The van der Waals surface area contributed by atoms with E-state index in [0.29, 0.717) is 0 Å². The van der Waals surface area contributed by atoms with Gasteiger partial charge in [-0.05, 0) is 26.2 Å². The molecule has 13 heteroatoms. The van der Waals surface area contributed by atoms with E-state index >= 15 is 0 Å². The Morgan fingerprint density at radius 3 is 2.10 bits per heavy atom. The molecular formula is C16H26F6N4O3. The second-order valence-electron chi connectivity index (χ2n) is 7.71. The van der Waals surface area contributed by atoms with Gasteiger partial charge in [-0.2, -0.15) is 26.3 Å². The fourth-order valence-corrected chi connectivity index (χ4v) is 3.87. The first-order valence-corrected chi connectivity index (χ1v) is 9.51. The van der Waals surface area contributed by atoms with E-state index in [1.165, 1.54) is 0 Å². The lowest BCUT2D eigenvalue weighted by molar-refractivity contribution is -0.239. The highest BCUT2D eigenvalue weighted by molar-refractivity contribution is 4.98. The Labute approximate surface area is 163 Å². The standard InChI is InChI=1S/C16H26F6N4O3/c1-7-2-4-27-5-3-8(15(17,18)19)13-25-26-14(29-13)11-10(23)6-9(16(20,21)22)12(24-11)28-7/h7-14,24-26H,2-6,23H2,1H3/t7-,8?,9?,10?,11?,12?,13?,14?/m1/s1. The molecule has 0 aromatic rings. The summed E-state index contributed by atoms with van der Waals surface area (Å²) in [6, 6.07) is -1.88. The molecule has 170 valence electrons. The number of ether oxygens (including phenoxy) is 3. The number of fused-ring (bicyclic) bond motifs is 5. The van der Waals surface area contributed by atoms with Crippen molar-refractivity contribution in [2.24, 2.45) is 17.6 Å². The lowest BCUT2D eigenvalue weighted by atomic mass is 9.87. The van der Waals surface area contributed by atoms with Crippen molar-refractivity contribution in [3.8, 4) is 0 Å². The van der Waals surface area contributed by atoms with Crippen molar-refractivity contribution >= 4 is 0 Å². The Morgan fingerprint density at radius 1 is 0.828 bits per heavy atom. The second-order valence-corrected chi connectivity index (χ2v) is 7.71. The van der Waals surface area contributed by atoms with Crippen molar-refractivity contribution in [1.29, 1.82) is 0 Å². The topological polar surface area (TPSA) is 89.8 Å². The number of hydrazine groups is 1. The van der Waals surface area contributed by atoms with Gasteiger partial charge in [-0.1, -0.05) is 0 Å². The van der Waals surface area contributed by atoms with E-state index in [0.717, 1.165) is 0 Å². The van der Waals surface area contributed by atoms with E-state index in [-0.39, 0.29) is 26.1 Å². The zero-order chi connectivity index (χ0) is 21.4. The molecule has 3 heterocycles. The summed E-state index contributed by atoms with van der Waals surface area (Å²) in [5.74, 6) is -3.70. The van der Waals surface area contributed by atoms with Crippen LogP contribution in [0.2, 0.25) is 0 Å². The minimum Gasteiger partial charge on any atom is -0.381 e. The smallest absolute Gasteiger partial charge is 0.381 e. The van der Waals surface area contributed by atoms with E-state index in [1.54, 1.807) is 6.92 Å². The third kappa shape index (κ3) is 5.51. The lowest BCUT2D eigenvalue weighted by Gasteiger charge is -2.44. The van der Waals surface area contributed by atoms with Crippen LogP contribution in [0.25, 0.3) is 0 Å². The maximum atomic E-state index is 13.5. The molecular weight excluding hydrogens is 410 g/mol. The molecule has 0 saturated carbocycles. The quantitative estimate of drug-likeness (QED) is 0.427. The van der Waals surface area contributed by atoms with Crippen LogP contribution < -0.4 is 21.9 Å². The van der Waals surface area contributed by atoms with Gasteiger partial charge in [-0.3, -0.25) is 5.32 Å². The van der Waals surface area contributed by atoms with E-state index in [4.69, 9.17) is 19.9 Å². The molecule has 3 saturated heterocycles. The van der Waals surface area contributed by atoms with Crippen LogP contribution in [-0.2, 0) is 14.2 Å². The highest BCUT2D eigenvalue weighted by atomic mass is 19.4. The van der Waals surface area contributed by atoms with Gasteiger partial charge in [0.25, 0.3) is 0 Å². The summed E-state index contributed by atoms with van der Waals surface area (Å²) in [6.07, 6.45) is -14.1. The predicted molar refractivity (Wildman–Crippen MR) is 87.9 cm³/mol. The van der Waals surface area contributed by atoms with Gasteiger partial charge in [-0.25, -0.2) is 10.9 Å². The van der Waals surface area contributed by atoms with Gasteiger partial charge in [0.1, 0.15) is 18.7 Å². The maximum Gasteiger partial charge on any atom is 0.395 e. The molecule has 3 fully saturated rings. The van der Waals surface area contributed by atoms with Crippen LogP contribution in [0.3, 0.4) is 0 Å². The lowest BCUT2D eigenvalue weighted by Crippen LogP contribution is -2.67. The SMILES string of the molecule is C[C@@H]1CCOCCC(C(F)(F)F)C2NNC(O2)C2NC(O1)C(C(F)(F)F)CC2N. The van der Waals surface area contributed by atoms with Crippen LogP contribution in [0, 0.1) is 11.8 Å². The molecule has 3 aliphatic rings. The average Bonchev–Trinajstić information content (AvgIpc) is 3.05. The average molecular weight is 436 g/mol. The van der Waals surface area contributed by atoms with Crippen LogP contribution in [0.1, 0.15) is 26.2 Å². The van der Waals surface area contributed by atoms with Gasteiger partial charge >= 0.3 is 12.4 Å². The molecule has 0 amide bonds. The van der Waals surface area contributed by atoms with Crippen molar-refractivity contribution < 1.29 is 40.6 Å². The minimum atomic E-state index is -4.55. The van der Waals surface area contributed by atoms with E-state index in [1.807, 2.05) is 0 Å². The molecule has 7 unspecified atom stereocenters. The number of halogens is 6. The normalized spacial score (nSPS) is 43.0. The van der Waals surface area contributed by atoms with Gasteiger partial charge in [0.2, 0.25) is 0 Å². The zero-order valence-corrected chi connectivity index (χ0v) is 15.7. The molecule has 3 rings (SSSR count). The monoisotopic (exact) mass is 436 g/mol. The number of alkyl halides is 6. The number of nitrogens with one attached hydrogen (secondary N) is 3. The molecule has 0 radical (unpaired) electrons. The number of rotatable bonds is 0. The molecule has 0 aliphatic carbocycles. The predicted octanol–water partition coefficient (Wildman–Crippen LogP) is 1.35. The van der Waals surface area contributed by atoms with Crippen molar-refractivity contribution in [1.82, 2.24) is 16.2 Å². The Balaban J connectivity index is 1.82. The summed E-state index contributed by atoms with van der Waals surface area (Å²) in [7, 11) is 0. The molecule has 0 aromatic heterocycles. The largest absolute Gasteiger partial charge is 0.395 e. The summed E-state index contributed by atoms with van der Waals surface area (Å²) in [4.78, 5) is 0. The Kier molecular flexibility index (Phi) is 6.98. The first-order chi connectivity index (χ1) is 13.5. The highest BCUT2D eigenvalue weighted by Crippen LogP contribution is 2.38. The first-order valence-electron chi connectivity index (χ1n) is 9.51. The third-order valence-corrected chi connectivity index (χ3v) is 5.52. The van der Waals surface area contributed by atoms with E-state index < -0.39 is 67.5 Å². The van der Waals surface area contributed by atoms with Gasteiger partial charge in [0.15, 0.2) is 0 Å². The van der Waals surface area contributed by atoms with Crippen molar-refractivity contribution in [3.05, 3.63) is 0 Å². The molecule has 0 aromatic carbocycles. The van der Waals surface area contributed by atoms with Crippen LogP contribution in [0.5, 0.6) is 0 Å². The molecule has 0 spiro atoms. The molecule has 4 bridgehead atoms. The highest BCUT2D eigenvalue weighted by Gasteiger charge is 2.54. The summed E-state index contributed by atoms with van der Waals surface area (Å²) < 4.78 is 97.2. The van der Waals surface area contributed by atoms with Crippen molar-refractivity contribution in [2.75, 3.05) is 13.2 Å². The van der Waals surface area contributed by atoms with Crippen molar-refractivity contribution in [2.45, 2.75) is 75.4 Å². The zero-order valence-electron chi connectivity index (χ0n) is 15.7. The van der Waals surface area contributed by atoms with Gasteiger partial charge < -0.3 is 19.9 Å². The van der Waals surface area contributed by atoms with E-state index in [2.05, 4.69) is 16.2 Å². The summed E-state index contributed by atoms with van der Waals surface area (Å²) in [6.45, 7) is 1.49.